The van der Waals surface area contributed by atoms with E-state index in [1.807, 2.05) is 0 Å². The summed E-state index contributed by atoms with van der Waals surface area (Å²) in [4.78, 5) is 10.6. The largest absolute Gasteiger partial charge is 0.369 e. The van der Waals surface area contributed by atoms with Crippen molar-refractivity contribution < 1.29 is 0 Å². The molecule has 1 saturated carbocycles. The second-order valence-corrected chi connectivity index (χ2v) is 5.11. The Morgan fingerprint density at radius 2 is 2.37 bits per heavy atom. The molecule has 6 nitrogen and oxygen atoms in total. The number of anilines is 1. The number of rotatable bonds is 6. The number of nitrogens with one attached hydrogen (secondary N) is 1. The molecule has 0 spiro atoms. The van der Waals surface area contributed by atoms with Gasteiger partial charge in [0, 0.05) is 25.2 Å². The lowest BCUT2D eigenvalue weighted by molar-refractivity contribution is 0.289. The average molecular weight is 281 g/mol. The first-order chi connectivity index (χ1) is 9.28. The van der Waals surface area contributed by atoms with Crippen LogP contribution in [0, 0.1) is 0 Å². The Bertz CT molecular complexity index is 564. The van der Waals surface area contributed by atoms with Crippen molar-refractivity contribution in [3.63, 3.8) is 0 Å². The first-order valence-corrected chi connectivity index (χ1v) is 7.00. The van der Waals surface area contributed by atoms with Gasteiger partial charge in [0.15, 0.2) is 0 Å². The highest BCUT2D eigenvalue weighted by atomic mass is 35.5. The van der Waals surface area contributed by atoms with Gasteiger partial charge in [-0.15, -0.1) is 0 Å². The number of nitrogens with zero attached hydrogens (tertiary/aromatic N) is 5. The van der Waals surface area contributed by atoms with Crippen molar-refractivity contribution in [1.29, 1.82) is 0 Å². The van der Waals surface area contributed by atoms with Crippen molar-refractivity contribution in [3.05, 3.63) is 17.5 Å². The molecule has 0 radical (unpaired) electrons. The van der Waals surface area contributed by atoms with E-state index in [1.165, 1.54) is 19.2 Å². The Balaban J connectivity index is 1.66. The topological polar surface area (TPSA) is 58.3 Å². The number of hydrogen-bond acceptors (Lipinski definition) is 5. The van der Waals surface area contributed by atoms with Crippen LogP contribution in [0.5, 0.6) is 0 Å². The zero-order valence-electron chi connectivity index (χ0n) is 10.9. The molecule has 19 heavy (non-hydrogen) atoms. The maximum absolute atomic E-state index is 5.97. The van der Waals surface area contributed by atoms with Crippen molar-refractivity contribution in [1.82, 2.24) is 24.5 Å². The Labute approximate surface area is 116 Å². The molecule has 0 amide bonds. The average Bonchev–Trinajstić information content (AvgIpc) is 3.12. The van der Waals surface area contributed by atoms with Gasteiger partial charge in [-0.2, -0.15) is 19.6 Å². The molecule has 2 heterocycles. The van der Waals surface area contributed by atoms with E-state index in [-0.39, 0.29) is 0 Å². The van der Waals surface area contributed by atoms with Gasteiger partial charge in [0.05, 0.1) is 0 Å². The van der Waals surface area contributed by atoms with Gasteiger partial charge in [0.25, 0.3) is 5.78 Å². The van der Waals surface area contributed by atoms with Crippen LogP contribution in [0.3, 0.4) is 0 Å². The predicted octanol–water partition coefficient (Wildman–Crippen LogP) is 1.67. The summed E-state index contributed by atoms with van der Waals surface area (Å²) >= 11 is 5.97. The summed E-state index contributed by atoms with van der Waals surface area (Å²) in [6.07, 6.45) is 4.15. The fourth-order valence-electron chi connectivity index (χ4n) is 2.28. The maximum atomic E-state index is 5.97. The maximum Gasteiger partial charge on any atom is 0.255 e. The van der Waals surface area contributed by atoms with Crippen LogP contribution in [0.4, 0.5) is 5.82 Å². The van der Waals surface area contributed by atoms with Crippen LogP contribution in [0.15, 0.2) is 12.4 Å². The third kappa shape index (κ3) is 2.79. The molecule has 0 bridgehead atoms. The summed E-state index contributed by atoms with van der Waals surface area (Å²) in [7, 11) is 0. The zero-order valence-corrected chi connectivity index (χ0v) is 11.6. The van der Waals surface area contributed by atoms with Gasteiger partial charge in [-0.3, -0.25) is 4.90 Å². The van der Waals surface area contributed by atoms with Crippen molar-refractivity contribution in [2.24, 2.45) is 0 Å². The molecule has 1 fully saturated rings. The first-order valence-electron chi connectivity index (χ1n) is 6.62. The van der Waals surface area contributed by atoms with Crippen LogP contribution < -0.4 is 5.32 Å². The van der Waals surface area contributed by atoms with Crippen LogP contribution in [0.2, 0.25) is 5.15 Å². The van der Waals surface area contributed by atoms with E-state index in [0.29, 0.717) is 10.9 Å². The molecule has 2 aromatic heterocycles. The molecular formula is C12H17ClN6. The van der Waals surface area contributed by atoms with Crippen LogP contribution in [0.25, 0.3) is 5.78 Å². The van der Waals surface area contributed by atoms with E-state index in [0.717, 1.165) is 31.5 Å². The summed E-state index contributed by atoms with van der Waals surface area (Å²) in [6, 6.07) is 2.57. The van der Waals surface area contributed by atoms with Gasteiger partial charge in [0.2, 0.25) is 0 Å². The highest BCUT2D eigenvalue weighted by Gasteiger charge is 2.27. The lowest BCUT2D eigenvalue weighted by Gasteiger charge is -2.20. The molecule has 0 unspecified atom stereocenters. The van der Waals surface area contributed by atoms with E-state index in [2.05, 4.69) is 32.2 Å². The van der Waals surface area contributed by atoms with E-state index in [1.54, 1.807) is 10.6 Å². The van der Waals surface area contributed by atoms with Gasteiger partial charge < -0.3 is 5.32 Å². The molecule has 0 aliphatic heterocycles. The van der Waals surface area contributed by atoms with Crippen molar-refractivity contribution in [2.75, 3.05) is 25.0 Å². The van der Waals surface area contributed by atoms with E-state index in [9.17, 15) is 0 Å². The molecule has 0 saturated heterocycles. The van der Waals surface area contributed by atoms with E-state index >= 15 is 0 Å². The van der Waals surface area contributed by atoms with Gasteiger partial charge in [-0.25, -0.2) is 0 Å². The van der Waals surface area contributed by atoms with E-state index in [4.69, 9.17) is 11.6 Å². The number of fused-ring (bicyclic) bond motifs is 1. The minimum atomic E-state index is 0.428. The SMILES string of the molecule is CCN(CCNc1cc(Cl)nc2ncnn12)C1CC1. The molecule has 0 atom stereocenters. The van der Waals surface area contributed by atoms with Crippen molar-refractivity contribution in [2.45, 2.75) is 25.8 Å². The summed E-state index contributed by atoms with van der Waals surface area (Å²) < 4.78 is 1.67. The normalized spacial score (nSPS) is 15.3. The van der Waals surface area contributed by atoms with Crippen LogP contribution >= 0.6 is 11.6 Å². The summed E-state index contributed by atoms with van der Waals surface area (Å²) in [6.45, 7) is 5.19. The Morgan fingerprint density at radius 1 is 1.53 bits per heavy atom. The Kier molecular flexibility index (Phi) is 3.52. The number of hydrogen-bond donors (Lipinski definition) is 1. The van der Waals surface area contributed by atoms with E-state index < -0.39 is 0 Å². The second kappa shape index (κ2) is 5.30. The smallest absolute Gasteiger partial charge is 0.255 e. The third-order valence-corrected chi connectivity index (χ3v) is 3.59. The molecule has 0 aromatic carbocycles. The minimum Gasteiger partial charge on any atom is -0.369 e. The van der Waals surface area contributed by atoms with Crippen LogP contribution in [-0.2, 0) is 0 Å². The summed E-state index contributed by atoms with van der Waals surface area (Å²) in [5, 5.41) is 7.92. The van der Waals surface area contributed by atoms with Gasteiger partial charge in [0.1, 0.15) is 17.3 Å². The summed E-state index contributed by atoms with van der Waals surface area (Å²) in [5.74, 6) is 1.35. The minimum absolute atomic E-state index is 0.428. The van der Waals surface area contributed by atoms with Crippen molar-refractivity contribution >= 4 is 23.2 Å². The zero-order chi connectivity index (χ0) is 13.2. The predicted molar refractivity (Wildman–Crippen MR) is 74.6 cm³/mol. The number of likely N-dealkylation sites (N-methyl/N-ethyl adjacent to an activating group) is 1. The Morgan fingerprint density at radius 3 is 3.11 bits per heavy atom. The molecule has 7 heteroatoms. The molecular weight excluding hydrogens is 264 g/mol. The lowest BCUT2D eigenvalue weighted by atomic mass is 10.4. The summed E-state index contributed by atoms with van der Waals surface area (Å²) in [5.41, 5.74) is 0. The quantitative estimate of drug-likeness (QED) is 0.816. The van der Waals surface area contributed by atoms with Crippen LogP contribution in [-0.4, -0.2) is 50.2 Å². The fourth-order valence-corrected chi connectivity index (χ4v) is 2.45. The third-order valence-electron chi connectivity index (χ3n) is 3.40. The molecule has 102 valence electrons. The molecule has 2 aromatic rings. The number of halogens is 1. The van der Waals surface area contributed by atoms with Gasteiger partial charge in [-0.1, -0.05) is 18.5 Å². The lowest BCUT2D eigenvalue weighted by Crippen LogP contribution is -2.31. The second-order valence-electron chi connectivity index (χ2n) is 4.72. The standard InChI is InChI=1S/C12H17ClN6/c1-2-18(9-3-4-9)6-5-14-11-7-10(13)17-12-15-8-16-19(11)12/h7-9,14H,2-6H2,1H3. The monoisotopic (exact) mass is 280 g/mol. The molecule has 1 aliphatic carbocycles. The number of aromatic nitrogens is 4. The Hall–Kier alpha value is -1.40. The highest BCUT2D eigenvalue weighted by Crippen LogP contribution is 2.26. The first kappa shape index (κ1) is 12.6. The molecule has 3 rings (SSSR count). The van der Waals surface area contributed by atoms with Crippen LogP contribution in [0.1, 0.15) is 19.8 Å². The van der Waals surface area contributed by atoms with Gasteiger partial charge >= 0.3 is 0 Å². The molecule has 1 aliphatic rings. The van der Waals surface area contributed by atoms with Crippen molar-refractivity contribution in [3.8, 4) is 0 Å². The molecule has 1 N–H and O–H groups in total. The fraction of sp³-hybridized carbons (Fsp3) is 0.583. The van der Waals surface area contributed by atoms with Gasteiger partial charge in [-0.05, 0) is 19.4 Å². The highest BCUT2D eigenvalue weighted by molar-refractivity contribution is 6.29.